The molecule has 0 fully saturated rings. The zero-order valence-corrected chi connectivity index (χ0v) is 13.7. The normalized spacial score (nSPS) is 11.7. The Morgan fingerprint density at radius 2 is 1.30 bits per heavy atom. The van der Waals surface area contributed by atoms with Crippen molar-refractivity contribution in [2.24, 2.45) is 0 Å². The summed E-state index contributed by atoms with van der Waals surface area (Å²) in [5, 5.41) is 0. The summed E-state index contributed by atoms with van der Waals surface area (Å²) in [6.45, 7) is 3.93. The highest BCUT2D eigenvalue weighted by Crippen LogP contribution is 2.08. The molecule has 1 nitrogen and oxygen atoms in total. The van der Waals surface area contributed by atoms with Gasteiger partial charge in [-0.25, -0.2) is 0 Å². The highest BCUT2D eigenvalue weighted by molar-refractivity contribution is 5.75. The average Bonchev–Trinajstić information content (AvgIpc) is 2.43. The molecule has 116 valence electrons. The zero-order chi connectivity index (χ0) is 14.9. The van der Waals surface area contributed by atoms with Crippen molar-refractivity contribution in [3.63, 3.8) is 0 Å². The van der Waals surface area contributed by atoms with Crippen molar-refractivity contribution in [1.29, 1.82) is 0 Å². The van der Waals surface area contributed by atoms with E-state index in [1.165, 1.54) is 57.8 Å². The lowest BCUT2D eigenvalue weighted by Crippen LogP contribution is -1.89. The van der Waals surface area contributed by atoms with Crippen LogP contribution in [0.25, 0.3) is 0 Å². The Kier molecular flexibility index (Phi) is 15.5. The molecule has 0 bridgehead atoms. The third-order valence-electron chi connectivity index (χ3n) is 3.48. The molecule has 0 aliphatic rings. The zero-order valence-electron chi connectivity index (χ0n) is 13.7. The van der Waals surface area contributed by atoms with Crippen molar-refractivity contribution < 1.29 is 4.79 Å². The molecule has 0 amide bonds. The predicted molar refractivity (Wildman–Crippen MR) is 90.0 cm³/mol. The van der Waals surface area contributed by atoms with Gasteiger partial charge < -0.3 is 4.79 Å². The third-order valence-corrected chi connectivity index (χ3v) is 3.48. The van der Waals surface area contributed by atoms with Gasteiger partial charge in [0.05, 0.1) is 0 Å². The van der Waals surface area contributed by atoms with E-state index in [0.29, 0.717) is 5.78 Å². The molecule has 0 saturated carbocycles. The minimum Gasteiger partial charge on any atom is -0.300 e. The van der Waals surface area contributed by atoms with E-state index in [1.807, 2.05) is 0 Å². The molecule has 0 heterocycles. The van der Waals surface area contributed by atoms with Crippen molar-refractivity contribution in [1.82, 2.24) is 0 Å². The Bertz CT molecular complexity index is 263. The summed E-state index contributed by atoms with van der Waals surface area (Å²) >= 11 is 0. The van der Waals surface area contributed by atoms with E-state index in [0.717, 1.165) is 19.3 Å². The molecule has 0 aliphatic carbocycles. The number of ketones is 1. The first-order valence-corrected chi connectivity index (χ1v) is 8.56. The fourth-order valence-electron chi connectivity index (χ4n) is 2.19. The Balaban J connectivity index is 3.17. The Hall–Kier alpha value is -0.850. The van der Waals surface area contributed by atoms with E-state index in [1.54, 1.807) is 6.92 Å². The van der Waals surface area contributed by atoms with Crippen LogP contribution in [0, 0.1) is 0 Å². The van der Waals surface area contributed by atoms with E-state index < -0.39 is 0 Å². The number of hydrogen-bond donors (Lipinski definition) is 0. The fraction of sp³-hybridized carbons (Fsp3) is 0.737. The number of Topliss-reactive ketones (excluding diaryl/α,β-unsaturated/α-hetero) is 1. The molecule has 0 atom stereocenters. The summed E-state index contributed by atoms with van der Waals surface area (Å²) in [6, 6.07) is 0. The summed E-state index contributed by atoms with van der Waals surface area (Å²) in [5.41, 5.74) is 0. The summed E-state index contributed by atoms with van der Waals surface area (Å²) in [6.07, 6.45) is 23.6. The summed E-state index contributed by atoms with van der Waals surface area (Å²) in [7, 11) is 0. The number of carbonyl (C=O) groups is 1. The monoisotopic (exact) mass is 278 g/mol. The van der Waals surface area contributed by atoms with Crippen molar-refractivity contribution in [3.8, 4) is 0 Å². The average molecular weight is 278 g/mol. The second kappa shape index (κ2) is 16.2. The van der Waals surface area contributed by atoms with Gasteiger partial charge >= 0.3 is 0 Å². The quantitative estimate of drug-likeness (QED) is 0.266. The number of rotatable bonds is 14. The summed E-state index contributed by atoms with van der Waals surface area (Å²) in [5.74, 6) is 0.329. The lowest BCUT2D eigenvalue weighted by molar-refractivity contribution is -0.117. The molecule has 0 radical (unpaired) electrons. The lowest BCUT2D eigenvalue weighted by Gasteiger charge is -1.98. The van der Waals surface area contributed by atoms with Gasteiger partial charge in [-0.2, -0.15) is 0 Å². The summed E-state index contributed by atoms with van der Waals surface area (Å²) in [4.78, 5) is 10.8. The van der Waals surface area contributed by atoms with Crippen molar-refractivity contribution in [2.45, 2.75) is 90.9 Å². The van der Waals surface area contributed by atoms with Gasteiger partial charge in [0.1, 0.15) is 5.78 Å². The van der Waals surface area contributed by atoms with E-state index in [9.17, 15) is 4.79 Å². The fourth-order valence-corrected chi connectivity index (χ4v) is 2.19. The Labute approximate surface area is 126 Å². The lowest BCUT2D eigenvalue weighted by atomic mass is 10.1. The Morgan fingerprint density at radius 1 is 0.750 bits per heavy atom. The van der Waals surface area contributed by atoms with E-state index in [2.05, 4.69) is 31.2 Å². The van der Waals surface area contributed by atoms with Crippen LogP contribution >= 0.6 is 0 Å². The van der Waals surface area contributed by atoms with Crippen LogP contribution in [0.5, 0.6) is 0 Å². The minimum atomic E-state index is 0.329. The maximum absolute atomic E-state index is 10.8. The predicted octanol–water partition coefficient (Wildman–Crippen LogP) is 6.39. The van der Waals surface area contributed by atoms with Gasteiger partial charge in [0, 0.05) is 6.42 Å². The van der Waals surface area contributed by atoms with Crippen LogP contribution < -0.4 is 0 Å². The van der Waals surface area contributed by atoms with Crippen LogP contribution in [0.3, 0.4) is 0 Å². The van der Waals surface area contributed by atoms with Crippen LogP contribution in [0.2, 0.25) is 0 Å². The molecule has 0 aromatic carbocycles. The number of carbonyl (C=O) groups excluding carboxylic acids is 1. The Morgan fingerprint density at radius 3 is 1.90 bits per heavy atom. The highest BCUT2D eigenvalue weighted by Gasteiger charge is 1.93. The standard InChI is InChI=1S/C19H34O/c1-3-4-5-6-7-8-9-10-11-12-13-14-15-16-17-18-19(2)20/h7-8,10-11H,3-6,9,12-18H2,1-2H3. The molecule has 0 N–H and O–H groups in total. The van der Waals surface area contributed by atoms with Crippen molar-refractivity contribution >= 4 is 5.78 Å². The topological polar surface area (TPSA) is 17.1 Å². The molecule has 0 unspecified atom stereocenters. The second-order valence-electron chi connectivity index (χ2n) is 5.68. The van der Waals surface area contributed by atoms with Crippen LogP contribution in [-0.2, 0) is 4.79 Å². The van der Waals surface area contributed by atoms with Crippen LogP contribution in [0.4, 0.5) is 0 Å². The SMILES string of the molecule is CCCCCC=CCC=CCCCCCCCC(C)=O. The molecule has 0 aliphatic heterocycles. The number of unbranched alkanes of at least 4 members (excludes halogenated alkanes) is 8. The highest BCUT2D eigenvalue weighted by atomic mass is 16.1. The maximum atomic E-state index is 10.8. The molecular weight excluding hydrogens is 244 g/mol. The summed E-state index contributed by atoms with van der Waals surface area (Å²) < 4.78 is 0. The molecule has 1 heteroatoms. The second-order valence-corrected chi connectivity index (χ2v) is 5.68. The largest absolute Gasteiger partial charge is 0.300 e. The first-order valence-electron chi connectivity index (χ1n) is 8.56. The molecule has 0 rings (SSSR count). The molecule has 0 saturated heterocycles. The van der Waals surface area contributed by atoms with E-state index in [-0.39, 0.29) is 0 Å². The molecule has 0 aromatic rings. The smallest absolute Gasteiger partial charge is 0.129 e. The van der Waals surface area contributed by atoms with Crippen LogP contribution in [0.1, 0.15) is 90.9 Å². The number of hydrogen-bond acceptors (Lipinski definition) is 1. The van der Waals surface area contributed by atoms with Gasteiger partial charge in [0.2, 0.25) is 0 Å². The van der Waals surface area contributed by atoms with Crippen LogP contribution in [-0.4, -0.2) is 5.78 Å². The van der Waals surface area contributed by atoms with Crippen LogP contribution in [0.15, 0.2) is 24.3 Å². The number of allylic oxidation sites excluding steroid dienone is 4. The third kappa shape index (κ3) is 17.2. The van der Waals surface area contributed by atoms with E-state index in [4.69, 9.17) is 0 Å². The van der Waals surface area contributed by atoms with Gasteiger partial charge in [-0.05, 0) is 45.4 Å². The van der Waals surface area contributed by atoms with E-state index >= 15 is 0 Å². The van der Waals surface area contributed by atoms with Gasteiger partial charge in [-0.3, -0.25) is 0 Å². The van der Waals surface area contributed by atoms with Gasteiger partial charge in [0.25, 0.3) is 0 Å². The van der Waals surface area contributed by atoms with Gasteiger partial charge in [0.15, 0.2) is 0 Å². The molecular formula is C19H34O. The molecule has 0 spiro atoms. The minimum absolute atomic E-state index is 0.329. The maximum Gasteiger partial charge on any atom is 0.129 e. The molecule has 0 aromatic heterocycles. The van der Waals surface area contributed by atoms with Gasteiger partial charge in [-0.1, -0.05) is 63.3 Å². The molecule has 20 heavy (non-hydrogen) atoms. The first kappa shape index (κ1) is 19.1. The van der Waals surface area contributed by atoms with Gasteiger partial charge in [-0.15, -0.1) is 0 Å². The first-order chi connectivity index (χ1) is 9.77. The van der Waals surface area contributed by atoms with Crippen molar-refractivity contribution in [2.75, 3.05) is 0 Å². The van der Waals surface area contributed by atoms with Crippen molar-refractivity contribution in [3.05, 3.63) is 24.3 Å².